The molecule has 3 heterocycles. The first-order valence-electron chi connectivity index (χ1n) is 9.83. The highest BCUT2D eigenvalue weighted by Crippen LogP contribution is 2.38. The third kappa shape index (κ3) is 4.58. The predicted molar refractivity (Wildman–Crippen MR) is 93.0 cm³/mol. The molecule has 0 unspecified atom stereocenters. The second kappa shape index (κ2) is 7.83. The van der Waals surface area contributed by atoms with Crippen molar-refractivity contribution in [1.29, 1.82) is 0 Å². The second-order valence-corrected chi connectivity index (χ2v) is 7.63. The molecule has 1 aliphatic carbocycles. The summed E-state index contributed by atoms with van der Waals surface area (Å²) in [5.41, 5.74) is 0. The van der Waals surface area contributed by atoms with Crippen LogP contribution in [0.5, 0.6) is 0 Å². The summed E-state index contributed by atoms with van der Waals surface area (Å²) >= 11 is 0. The average Bonchev–Trinajstić information content (AvgIpc) is 3.29. The van der Waals surface area contributed by atoms with Crippen molar-refractivity contribution in [1.82, 2.24) is 24.8 Å². The first kappa shape index (κ1) is 17.0. The van der Waals surface area contributed by atoms with Crippen molar-refractivity contribution in [2.45, 2.75) is 51.0 Å². The molecule has 1 aromatic heterocycles. The van der Waals surface area contributed by atoms with Gasteiger partial charge in [0.2, 0.25) is 11.8 Å². The molecule has 0 bridgehead atoms. The van der Waals surface area contributed by atoms with Gasteiger partial charge in [0.1, 0.15) is 0 Å². The average molecular weight is 347 g/mol. The van der Waals surface area contributed by atoms with E-state index in [9.17, 15) is 4.79 Å². The molecule has 4 rings (SSSR count). The molecule has 0 spiro atoms. The monoisotopic (exact) mass is 347 g/mol. The lowest BCUT2D eigenvalue weighted by Gasteiger charge is -2.22. The molecule has 1 aromatic rings. The normalized spacial score (nSPS) is 23.4. The summed E-state index contributed by atoms with van der Waals surface area (Å²) in [6.45, 7) is 8.14. The largest absolute Gasteiger partial charge is 0.343 e. The van der Waals surface area contributed by atoms with Gasteiger partial charge in [-0.15, -0.1) is 0 Å². The summed E-state index contributed by atoms with van der Waals surface area (Å²) in [5.74, 6) is 2.54. The molecule has 3 fully saturated rings. The highest BCUT2D eigenvalue weighted by Gasteiger charge is 2.30. The molecule has 7 heteroatoms. The molecule has 1 saturated carbocycles. The van der Waals surface area contributed by atoms with E-state index >= 15 is 0 Å². The van der Waals surface area contributed by atoms with Crippen LogP contribution in [0.25, 0.3) is 0 Å². The minimum absolute atomic E-state index is 0.340. The number of amides is 1. The molecule has 0 atom stereocenters. The number of rotatable bonds is 7. The molecule has 2 saturated heterocycles. The Morgan fingerprint density at radius 1 is 1.00 bits per heavy atom. The molecule has 25 heavy (non-hydrogen) atoms. The van der Waals surface area contributed by atoms with Gasteiger partial charge in [-0.3, -0.25) is 9.69 Å². The summed E-state index contributed by atoms with van der Waals surface area (Å²) in [6, 6.07) is 0. The van der Waals surface area contributed by atoms with Crippen molar-refractivity contribution in [2.24, 2.45) is 0 Å². The van der Waals surface area contributed by atoms with E-state index in [0.717, 1.165) is 83.3 Å². The maximum atomic E-state index is 11.7. The summed E-state index contributed by atoms with van der Waals surface area (Å²) < 4.78 is 5.36. The van der Waals surface area contributed by atoms with Crippen LogP contribution in [0, 0.1) is 0 Å². The van der Waals surface area contributed by atoms with Crippen LogP contribution in [0.1, 0.15) is 56.2 Å². The van der Waals surface area contributed by atoms with Crippen LogP contribution in [0.4, 0.5) is 0 Å². The predicted octanol–water partition coefficient (Wildman–Crippen LogP) is 1.47. The third-order valence-corrected chi connectivity index (χ3v) is 5.53. The first-order chi connectivity index (χ1) is 12.3. The van der Waals surface area contributed by atoms with Gasteiger partial charge in [0.15, 0.2) is 5.82 Å². The van der Waals surface area contributed by atoms with Crippen LogP contribution in [0.2, 0.25) is 0 Å². The number of nitrogens with zero attached hydrogens (tertiary/aromatic N) is 5. The van der Waals surface area contributed by atoms with Crippen LogP contribution in [0.15, 0.2) is 4.52 Å². The second-order valence-electron chi connectivity index (χ2n) is 7.63. The maximum absolute atomic E-state index is 11.7. The van der Waals surface area contributed by atoms with E-state index in [0.29, 0.717) is 11.8 Å². The first-order valence-corrected chi connectivity index (χ1v) is 9.83. The quantitative estimate of drug-likeness (QED) is 0.744. The lowest BCUT2D eigenvalue weighted by molar-refractivity contribution is -0.127. The van der Waals surface area contributed by atoms with E-state index in [1.54, 1.807) is 0 Å². The number of hydrogen-bond donors (Lipinski definition) is 0. The van der Waals surface area contributed by atoms with E-state index in [-0.39, 0.29) is 0 Å². The number of carbonyl (C=O) groups excluding carboxylic acids is 1. The Morgan fingerprint density at radius 3 is 2.64 bits per heavy atom. The fourth-order valence-corrected chi connectivity index (χ4v) is 3.86. The van der Waals surface area contributed by atoms with E-state index in [1.165, 1.54) is 19.3 Å². The molecule has 0 radical (unpaired) electrons. The van der Waals surface area contributed by atoms with Crippen molar-refractivity contribution in [3.8, 4) is 0 Å². The van der Waals surface area contributed by atoms with Gasteiger partial charge in [-0.25, -0.2) is 0 Å². The van der Waals surface area contributed by atoms with E-state index in [4.69, 9.17) is 4.52 Å². The number of carbonyl (C=O) groups is 1. The van der Waals surface area contributed by atoms with Gasteiger partial charge >= 0.3 is 0 Å². The Balaban J connectivity index is 1.18. The number of hydrogen-bond acceptors (Lipinski definition) is 6. The Kier molecular flexibility index (Phi) is 5.31. The Hall–Kier alpha value is -1.47. The Morgan fingerprint density at radius 2 is 1.84 bits per heavy atom. The van der Waals surface area contributed by atoms with Crippen molar-refractivity contribution in [3.63, 3.8) is 0 Å². The summed E-state index contributed by atoms with van der Waals surface area (Å²) in [4.78, 5) is 23.2. The lowest BCUT2D eigenvalue weighted by atomic mass is 10.3. The number of aromatic nitrogens is 2. The topological polar surface area (TPSA) is 65.7 Å². The molecule has 1 amide bonds. The zero-order valence-electron chi connectivity index (χ0n) is 15.0. The van der Waals surface area contributed by atoms with Crippen molar-refractivity contribution < 1.29 is 9.32 Å². The third-order valence-electron chi connectivity index (χ3n) is 5.53. The van der Waals surface area contributed by atoms with Gasteiger partial charge in [-0.2, -0.15) is 4.98 Å². The standard InChI is InChI=1S/C18H29N5O2/c24-17-4-1-10-23(17)11-3-8-21-7-2-9-22(13-12-21)14-16-19-18(25-20-16)15-5-6-15/h15H,1-14H2. The van der Waals surface area contributed by atoms with Gasteiger partial charge in [0.25, 0.3) is 0 Å². The van der Waals surface area contributed by atoms with E-state index in [1.807, 2.05) is 4.90 Å². The zero-order chi connectivity index (χ0) is 17.1. The molecule has 0 aromatic carbocycles. The fraction of sp³-hybridized carbons (Fsp3) is 0.833. The highest BCUT2D eigenvalue weighted by molar-refractivity contribution is 5.77. The molecule has 2 aliphatic heterocycles. The van der Waals surface area contributed by atoms with Gasteiger partial charge in [-0.05, 0) is 51.7 Å². The van der Waals surface area contributed by atoms with Crippen LogP contribution in [-0.4, -0.2) is 76.6 Å². The molecule has 0 N–H and O–H groups in total. The minimum Gasteiger partial charge on any atom is -0.343 e. The minimum atomic E-state index is 0.340. The SMILES string of the molecule is O=C1CCCN1CCCN1CCCN(Cc2noc(C3CC3)n2)CC1. The smallest absolute Gasteiger partial charge is 0.229 e. The fourth-order valence-electron chi connectivity index (χ4n) is 3.86. The Labute approximate surface area is 149 Å². The van der Waals surface area contributed by atoms with Crippen LogP contribution in [0.3, 0.4) is 0 Å². The van der Waals surface area contributed by atoms with Crippen LogP contribution >= 0.6 is 0 Å². The molecule has 7 nitrogen and oxygen atoms in total. The molecule has 138 valence electrons. The summed E-state index contributed by atoms with van der Waals surface area (Å²) in [6.07, 6.45) is 6.44. The highest BCUT2D eigenvalue weighted by atomic mass is 16.5. The lowest BCUT2D eigenvalue weighted by Crippen LogP contribution is -2.33. The van der Waals surface area contributed by atoms with Crippen molar-refractivity contribution >= 4 is 5.91 Å². The zero-order valence-corrected chi connectivity index (χ0v) is 15.0. The van der Waals surface area contributed by atoms with Gasteiger partial charge in [0.05, 0.1) is 6.54 Å². The molecular formula is C18H29N5O2. The van der Waals surface area contributed by atoms with Gasteiger partial charge in [-0.1, -0.05) is 5.16 Å². The van der Waals surface area contributed by atoms with Crippen molar-refractivity contribution in [2.75, 3.05) is 45.8 Å². The van der Waals surface area contributed by atoms with Crippen LogP contribution < -0.4 is 0 Å². The molecular weight excluding hydrogens is 318 g/mol. The van der Waals surface area contributed by atoms with Crippen molar-refractivity contribution in [3.05, 3.63) is 11.7 Å². The summed E-state index contributed by atoms with van der Waals surface area (Å²) in [7, 11) is 0. The van der Waals surface area contributed by atoms with E-state index in [2.05, 4.69) is 19.9 Å². The van der Waals surface area contributed by atoms with Crippen LogP contribution in [-0.2, 0) is 11.3 Å². The van der Waals surface area contributed by atoms with Gasteiger partial charge < -0.3 is 14.3 Å². The summed E-state index contributed by atoms with van der Waals surface area (Å²) in [5, 5.41) is 4.14. The van der Waals surface area contributed by atoms with Gasteiger partial charge in [0, 0.05) is 38.5 Å². The maximum Gasteiger partial charge on any atom is 0.229 e. The number of likely N-dealkylation sites (tertiary alicyclic amines) is 1. The van der Waals surface area contributed by atoms with E-state index < -0.39 is 0 Å². The molecule has 3 aliphatic rings. The Bertz CT molecular complexity index is 586.